The third-order valence-corrected chi connectivity index (χ3v) is 10.6. The smallest absolute Gasteiger partial charge is 0.287 e. The highest BCUT2D eigenvalue weighted by atomic mass is 31.2. The lowest BCUT2D eigenvalue weighted by atomic mass is 9.94. The molecule has 0 saturated carbocycles. The molecule has 2 heteroatoms. The molecule has 0 N–H and O–H groups in total. The predicted molar refractivity (Wildman–Crippen MR) is 156 cm³/mol. The Morgan fingerprint density at radius 1 is 0.361 bits per heavy atom. The molecule has 0 unspecified atom stereocenters. The van der Waals surface area contributed by atoms with E-state index in [1.807, 2.05) is 0 Å². The highest BCUT2D eigenvalue weighted by molar-refractivity contribution is 7.92. The first-order chi connectivity index (χ1) is 17.8. The molecule has 0 fully saturated rings. The van der Waals surface area contributed by atoms with Gasteiger partial charge in [-0.2, -0.15) is 0 Å². The minimum Gasteiger partial charge on any atom is -0.334 e. The monoisotopic (exact) mass is 479 g/mol. The van der Waals surface area contributed by atoms with Gasteiger partial charge in [-0.3, -0.25) is 0 Å². The van der Waals surface area contributed by atoms with E-state index in [9.17, 15) is 0 Å². The van der Waals surface area contributed by atoms with Gasteiger partial charge in [-0.1, -0.05) is 97.1 Å². The summed E-state index contributed by atoms with van der Waals surface area (Å²) in [4.78, 5) is 0. The van der Waals surface area contributed by atoms with Crippen molar-refractivity contribution in [2.45, 2.75) is 0 Å². The zero-order valence-corrected chi connectivity index (χ0v) is 20.6. The van der Waals surface area contributed by atoms with E-state index in [2.05, 4.69) is 146 Å². The van der Waals surface area contributed by atoms with Gasteiger partial charge in [0.25, 0.3) is 7.49 Å². The molecule has 0 aliphatic heterocycles. The molecule has 7 aromatic rings. The third-order valence-electron chi connectivity index (χ3n) is 7.08. The SMILES string of the molecule is c1ccc([P+](Oc2ccc3ccc4cccc5ccc2c3c45)(c2ccccc2)c2ccccc2)cc1. The van der Waals surface area contributed by atoms with Crippen LogP contribution in [0.1, 0.15) is 0 Å². The lowest BCUT2D eigenvalue weighted by Crippen LogP contribution is -2.34. The van der Waals surface area contributed by atoms with Gasteiger partial charge >= 0.3 is 0 Å². The second-order valence-electron chi connectivity index (χ2n) is 9.13. The summed E-state index contributed by atoms with van der Waals surface area (Å²) < 4.78 is 7.43. The van der Waals surface area contributed by atoms with E-state index in [0.717, 1.165) is 11.1 Å². The van der Waals surface area contributed by atoms with Gasteiger partial charge in [0.2, 0.25) is 0 Å². The molecule has 0 heterocycles. The molecule has 1 nitrogen and oxygen atoms in total. The minimum absolute atomic E-state index is 0.922. The van der Waals surface area contributed by atoms with E-state index in [0.29, 0.717) is 0 Å². The molecule has 0 aromatic heterocycles. The van der Waals surface area contributed by atoms with Crippen LogP contribution in [0, 0.1) is 0 Å². The molecule has 0 spiro atoms. The Morgan fingerprint density at radius 2 is 0.806 bits per heavy atom. The van der Waals surface area contributed by atoms with Crippen molar-refractivity contribution in [2.75, 3.05) is 0 Å². The Kier molecular flexibility index (Phi) is 4.98. The first-order valence-electron chi connectivity index (χ1n) is 12.3. The average molecular weight is 480 g/mol. The van der Waals surface area contributed by atoms with E-state index in [1.165, 1.54) is 42.8 Å². The third kappa shape index (κ3) is 3.21. The van der Waals surface area contributed by atoms with Crippen molar-refractivity contribution in [3.8, 4) is 5.75 Å². The summed E-state index contributed by atoms with van der Waals surface area (Å²) in [5.41, 5.74) is 0. The fourth-order valence-corrected chi connectivity index (χ4v) is 8.90. The van der Waals surface area contributed by atoms with Crippen molar-refractivity contribution in [1.29, 1.82) is 0 Å². The molecule has 0 aliphatic rings. The van der Waals surface area contributed by atoms with Crippen LogP contribution in [-0.4, -0.2) is 0 Å². The van der Waals surface area contributed by atoms with Crippen LogP contribution < -0.4 is 20.4 Å². The summed E-state index contributed by atoms with van der Waals surface area (Å²) >= 11 is 0. The van der Waals surface area contributed by atoms with E-state index >= 15 is 0 Å². The highest BCUT2D eigenvalue weighted by Crippen LogP contribution is 2.57. The van der Waals surface area contributed by atoms with Crippen LogP contribution in [0.5, 0.6) is 5.75 Å². The number of benzene rings is 7. The van der Waals surface area contributed by atoms with Crippen LogP contribution in [-0.2, 0) is 0 Å². The van der Waals surface area contributed by atoms with Gasteiger partial charge in [0.1, 0.15) is 15.9 Å². The normalized spacial score (nSPS) is 11.9. The van der Waals surface area contributed by atoms with Crippen molar-refractivity contribution in [2.24, 2.45) is 0 Å². The fraction of sp³-hybridized carbons (Fsp3) is 0. The average Bonchev–Trinajstić information content (AvgIpc) is 2.96. The zero-order valence-electron chi connectivity index (χ0n) is 19.7. The Morgan fingerprint density at radius 3 is 1.33 bits per heavy atom. The standard InChI is InChI=1S/C34H24OP/c1-4-13-28(14-5-1)36(29-15-6-2-7-16-29,30-17-8-3-9-18-30)35-32-24-22-27-20-19-25-11-10-12-26-21-23-31(32)34(27)33(25)26/h1-24H/q+1. The molecule has 0 bridgehead atoms. The molecule has 0 aliphatic carbocycles. The zero-order chi connectivity index (χ0) is 24.0. The van der Waals surface area contributed by atoms with Crippen molar-refractivity contribution >= 4 is 55.7 Å². The summed E-state index contributed by atoms with van der Waals surface area (Å²) in [5, 5.41) is 11.1. The largest absolute Gasteiger partial charge is 0.334 e. The van der Waals surface area contributed by atoms with Crippen molar-refractivity contribution < 1.29 is 4.52 Å². The van der Waals surface area contributed by atoms with E-state index in [4.69, 9.17) is 4.52 Å². The molecule has 170 valence electrons. The number of hydrogen-bond donors (Lipinski definition) is 0. The highest BCUT2D eigenvalue weighted by Gasteiger charge is 2.49. The second-order valence-corrected chi connectivity index (χ2v) is 12.1. The Hall–Kier alpha value is -4.19. The Bertz CT molecular complexity index is 1680. The van der Waals surface area contributed by atoms with Gasteiger partial charge in [0.05, 0.1) is 0 Å². The van der Waals surface area contributed by atoms with Crippen LogP contribution in [0.25, 0.3) is 32.3 Å². The molecule has 36 heavy (non-hydrogen) atoms. The quantitative estimate of drug-likeness (QED) is 0.180. The van der Waals surface area contributed by atoms with Gasteiger partial charge in [-0.05, 0) is 70.1 Å². The van der Waals surface area contributed by atoms with E-state index in [1.54, 1.807) is 0 Å². The molecule has 7 rings (SSSR count). The number of hydrogen-bond acceptors (Lipinski definition) is 1. The van der Waals surface area contributed by atoms with Crippen LogP contribution in [0.2, 0.25) is 0 Å². The summed E-state index contributed by atoms with van der Waals surface area (Å²) in [5.74, 6) is 0.922. The lowest BCUT2D eigenvalue weighted by Gasteiger charge is -2.27. The molecule has 0 saturated heterocycles. The predicted octanol–water partition coefficient (Wildman–Crippen LogP) is 7.87. The first kappa shape index (κ1) is 21.1. The maximum atomic E-state index is 7.43. The summed E-state index contributed by atoms with van der Waals surface area (Å²) in [6.07, 6.45) is 0. The molecule has 7 aromatic carbocycles. The summed E-state index contributed by atoms with van der Waals surface area (Å²) in [6, 6.07) is 52.0. The molecule has 0 amide bonds. The minimum atomic E-state index is -2.47. The van der Waals surface area contributed by atoms with Crippen LogP contribution in [0.4, 0.5) is 0 Å². The molecule has 0 atom stereocenters. The molecular formula is C34H24OP+. The Labute approximate surface area is 211 Å². The van der Waals surface area contributed by atoms with E-state index < -0.39 is 7.49 Å². The van der Waals surface area contributed by atoms with Gasteiger partial charge in [0.15, 0.2) is 5.75 Å². The van der Waals surface area contributed by atoms with Crippen molar-refractivity contribution in [1.82, 2.24) is 0 Å². The van der Waals surface area contributed by atoms with Crippen molar-refractivity contribution in [3.05, 3.63) is 146 Å². The van der Waals surface area contributed by atoms with Crippen LogP contribution in [0.15, 0.2) is 146 Å². The van der Waals surface area contributed by atoms with Crippen LogP contribution >= 0.6 is 7.49 Å². The lowest BCUT2D eigenvalue weighted by molar-refractivity contribution is 0.628. The van der Waals surface area contributed by atoms with Crippen LogP contribution in [0.3, 0.4) is 0 Å². The maximum Gasteiger partial charge on any atom is 0.287 e. The van der Waals surface area contributed by atoms with Crippen molar-refractivity contribution in [3.63, 3.8) is 0 Å². The van der Waals surface area contributed by atoms with Gasteiger partial charge in [-0.15, -0.1) is 0 Å². The topological polar surface area (TPSA) is 9.23 Å². The summed E-state index contributed by atoms with van der Waals surface area (Å²) in [6.45, 7) is 0. The van der Waals surface area contributed by atoms with Gasteiger partial charge < -0.3 is 4.52 Å². The number of rotatable bonds is 5. The summed E-state index contributed by atoms with van der Waals surface area (Å²) in [7, 11) is -2.47. The maximum absolute atomic E-state index is 7.43. The first-order valence-corrected chi connectivity index (χ1v) is 14.0. The van der Waals surface area contributed by atoms with Gasteiger partial charge in [-0.25, -0.2) is 0 Å². The second kappa shape index (κ2) is 8.48. The fourth-order valence-electron chi connectivity index (χ4n) is 5.45. The molecular weight excluding hydrogens is 455 g/mol. The Balaban J connectivity index is 1.55. The van der Waals surface area contributed by atoms with Gasteiger partial charge in [0, 0.05) is 10.8 Å². The molecule has 0 radical (unpaired) electrons. The van der Waals surface area contributed by atoms with E-state index in [-0.39, 0.29) is 0 Å².